The minimum absolute atomic E-state index is 0.0256. The number of para-hydroxylation sites is 1. The van der Waals surface area contributed by atoms with Gasteiger partial charge in [-0.15, -0.1) is 11.3 Å². The van der Waals surface area contributed by atoms with E-state index >= 15 is 0 Å². The Morgan fingerprint density at radius 1 is 1.08 bits per heavy atom. The highest BCUT2D eigenvalue weighted by Gasteiger charge is 2.36. The van der Waals surface area contributed by atoms with Crippen molar-refractivity contribution in [1.82, 2.24) is 9.55 Å². The monoisotopic (exact) mass is 687 g/mol. The topological polar surface area (TPSA) is 180 Å². The number of nitro groups is 1. The van der Waals surface area contributed by atoms with Crippen LogP contribution in [0.5, 0.6) is 0 Å². The van der Waals surface area contributed by atoms with E-state index in [9.17, 15) is 34.4 Å². The van der Waals surface area contributed by atoms with Gasteiger partial charge in [-0.3, -0.25) is 29.3 Å². The third kappa shape index (κ3) is 7.46. The van der Waals surface area contributed by atoms with Crippen LogP contribution >= 0.6 is 11.3 Å². The zero-order chi connectivity index (χ0) is 34.7. The van der Waals surface area contributed by atoms with E-state index in [0.29, 0.717) is 35.6 Å². The number of ether oxygens (including phenoxy) is 3. The van der Waals surface area contributed by atoms with Crippen molar-refractivity contribution in [1.29, 1.82) is 0 Å². The molecule has 49 heavy (non-hydrogen) atoms. The van der Waals surface area contributed by atoms with Gasteiger partial charge in [0.05, 0.1) is 11.0 Å². The minimum atomic E-state index is -1.07. The van der Waals surface area contributed by atoms with Crippen LogP contribution in [0, 0.1) is 17.0 Å². The first-order chi connectivity index (χ1) is 23.6. The number of aromatic nitrogens is 2. The van der Waals surface area contributed by atoms with Crippen molar-refractivity contribution in [2.45, 2.75) is 57.0 Å². The number of carbonyl (C=O) groups is 1. The number of aliphatic hydroxyl groups excluding tert-OH is 1. The molecule has 0 amide bonds. The lowest BCUT2D eigenvalue weighted by Crippen LogP contribution is -2.33. The van der Waals surface area contributed by atoms with Crippen LogP contribution in [0.2, 0.25) is 0 Å². The first-order valence-corrected chi connectivity index (χ1v) is 16.5. The standard InChI is InChI=1S/C35H33N3O10S/c1-20-17-37(34(42)36-33(20)41)31-16-27(39)28(48-31)19-47-35(43)46-18-22(23-9-2-4-11-26(23)38(44)45)8-6-7-21-13-14-30-25(15-21)32(40)24-10-3-5-12-29(24)49-30/h2-5,9-15,17,22,27-28,31,39H,6-8,16,18-19H2,1H3,(H,36,41,42)/t22?,27-,28+,31+/m0/s1. The first-order valence-electron chi connectivity index (χ1n) is 15.7. The van der Waals surface area contributed by atoms with Crippen LogP contribution in [0.1, 0.15) is 48.1 Å². The molecule has 1 aliphatic heterocycles. The average molecular weight is 688 g/mol. The fraction of sp³-hybridized carbons (Fsp3) is 0.314. The van der Waals surface area contributed by atoms with Gasteiger partial charge >= 0.3 is 11.8 Å². The molecule has 4 atom stereocenters. The third-order valence-electron chi connectivity index (χ3n) is 8.66. The molecule has 14 heteroatoms. The van der Waals surface area contributed by atoms with Crippen LogP contribution in [-0.4, -0.2) is 51.2 Å². The van der Waals surface area contributed by atoms with Crippen molar-refractivity contribution in [2.75, 3.05) is 13.2 Å². The number of nitrogens with one attached hydrogen (secondary N) is 1. The molecule has 1 aliphatic rings. The Morgan fingerprint density at radius 2 is 1.84 bits per heavy atom. The highest BCUT2D eigenvalue weighted by Crippen LogP contribution is 2.32. The number of aromatic amines is 1. The molecule has 0 spiro atoms. The quantitative estimate of drug-likeness (QED) is 0.0822. The average Bonchev–Trinajstić information content (AvgIpc) is 3.46. The molecule has 1 saturated heterocycles. The molecule has 0 radical (unpaired) electrons. The van der Waals surface area contributed by atoms with Gasteiger partial charge in [0.25, 0.3) is 11.2 Å². The minimum Gasteiger partial charge on any atom is -0.434 e. The summed E-state index contributed by atoms with van der Waals surface area (Å²) in [5.74, 6) is -0.538. The van der Waals surface area contributed by atoms with Crippen molar-refractivity contribution in [3.8, 4) is 0 Å². The lowest BCUT2D eigenvalue weighted by Gasteiger charge is -2.19. The summed E-state index contributed by atoms with van der Waals surface area (Å²) in [6.07, 6.45) is -0.994. The zero-order valence-corrected chi connectivity index (χ0v) is 27.2. The Labute approximate surface area is 282 Å². The van der Waals surface area contributed by atoms with E-state index in [0.717, 1.165) is 19.5 Å². The number of carbonyl (C=O) groups excluding carboxylic acids is 1. The van der Waals surface area contributed by atoms with Gasteiger partial charge < -0.3 is 19.3 Å². The largest absolute Gasteiger partial charge is 0.508 e. The molecule has 2 N–H and O–H groups in total. The fourth-order valence-corrected chi connectivity index (χ4v) is 7.13. The van der Waals surface area contributed by atoms with Crippen molar-refractivity contribution in [3.05, 3.63) is 131 Å². The van der Waals surface area contributed by atoms with Crippen molar-refractivity contribution in [3.63, 3.8) is 0 Å². The van der Waals surface area contributed by atoms with Crippen LogP contribution < -0.4 is 16.7 Å². The second-order valence-electron chi connectivity index (χ2n) is 11.9. The fourth-order valence-electron chi connectivity index (χ4n) is 6.08. The number of aliphatic hydroxyl groups is 1. The second-order valence-corrected chi connectivity index (χ2v) is 13.0. The van der Waals surface area contributed by atoms with Gasteiger partial charge in [-0.1, -0.05) is 36.4 Å². The van der Waals surface area contributed by atoms with Gasteiger partial charge in [-0.2, -0.15) is 0 Å². The Morgan fingerprint density at radius 3 is 2.65 bits per heavy atom. The molecule has 2 aromatic heterocycles. The lowest BCUT2D eigenvalue weighted by molar-refractivity contribution is -0.385. The number of aryl methyl sites for hydroxylation is 2. The summed E-state index contributed by atoms with van der Waals surface area (Å²) in [6.45, 7) is 0.953. The molecular weight excluding hydrogens is 654 g/mol. The smallest absolute Gasteiger partial charge is 0.434 e. The maximum atomic E-state index is 13.2. The maximum absolute atomic E-state index is 13.2. The third-order valence-corrected chi connectivity index (χ3v) is 9.81. The number of benzene rings is 3. The number of fused-ring (bicyclic) bond motifs is 2. The molecule has 3 heterocycles. The van der Waals surface area contributed by atoms with Crippen molar-refractivity contribution >= 4 is 43.4 Å². The van der Waals surface area contributed by atoms with Crippen LogP contribution in [0.25, 0.3) is 20.2 Å². The summed E-state index contributed by atoms with van der Waals surface area (Å²) in [5, 5.41) is 23.6. The van der Waals surface area contributed by atoms with E-state index in [4.69, 9.17) is 14.2 Å². The molecule has 5 aromatic rings. The molecule has 6 rings (SSSR count). The summed E-state index contributed by atoms with van der Waals surface area (Å²) < 4.78 is 19.3. The first kappa shape index (κ1) is 33.7. The van der Waals surface area contributed by atoms with Gasteiger partial charge in [0.1, 0.15) is 25.5 Å². The Balaban J connectivity index is 1.09. The van der Waals surface area contributed by atoms with Crippen LogP contribution in [0.15, 0.2) is 87.3 Å². The maximum Gasteiger partial charge on any atom is 0.508 e. The SMILES string of the molecule is Cc1cn([C@H]2C[C@H](O)[C@@H](COC(=O)OCC(CCCc3ccc4sc5ccccc5c(=O)c4c3)c3ccccc3[N+](=O)[O-])O2)c(=O)[nH]c1=O. The molecule has 1 fully saturated rings. The molecule has 1 unspecified atom stereocenters. The van der Waals surface area contributed by atoms with E-state index in [1.54, 1.807) is 29.5 Å². The molecule has 3 aromatic carbocycles. The summed E-state index contributed by atoms with van der Waals surface area (Å²) in [7, 11) is 0. The van der Waals surface area contributed by atoms with Crippen LogP contribution in [-0.2, 0) is 20.6 Å². The molecular formula is C35H33N3O10S. The summed E-state index contributed by atoms with van der Waals surface area (Å²) in [4.78, 5) is 63.3. The van der Waals surface area contributed by atoms with E-state index in [-0.39, 0.29) is 36.3 Å². The summed E-state index contributed by atoms with van der Waals surface area (Å²) in [6, 6.07) is 19.6. The number of hydrogen-bond donors (Lipinski definition) is 2. The molecule has 0 bridgehead atoms. The van der Waals surface area contributed by atoms with E-state index in [2.05, 4.69) is 4.98 Å². The van der Waals surface area contributed by atoms with Crippen LogP contribution in [0.3, 0.4) is 0 Å². The normalized spacial score (nSPS) is 18.0. The van der Waals surface area contributed by atoms with Gasteiger partial charge in [-0.25, -0.2) is 9.59 Å². The number of nitrogens with zero attached hydrogens (tertiary/aromatic N) is 2. The van der Waals surface area contributed by atoms with E-state index in [1.165, 1.54) is 19.2 Å². The number of hydrogen-bond acceptors (Lipinski definition) is 11. The number of H-pyrrole nitrogens is 1. The van der Waals surface area contributed by atoms with Crippen molar-refractivity contribution in [2.24, 2.45) is 0 Å². The van der Waals surface area contributed by atoms with Gasteiger partial charge in [0, 0.05) is 55.9 Å². The Bertz CT molecular complexity index is 2210. The molecule has 13 nitrogen and oxygen atoms in total. The van der Waals surface area contributed by atoms with Crippen molar-refractivity contribution < 1.29 is 29.0 Å². The lowest BCUT2D eigenvalue weighted by atomic mass is 9.92. The van der Waals surface area contributed by atoms with Gasteiger partial charge in [0.15, 0.2) is 5.43 Å². The predicted octanol–water partition coefficient (Wildman–Crippen LogP) is 5.09. The second kappa shape index (κ2) is 14.5. The molecule has 0 saturated carbocycles. The number of nitro benzene ring substituents is 1. The molecule has 0 aliphatic carbocycles. The van der Waals surface area contributed by atoms with Gasteiger partial charge in [-0.05, 0) is 56.0 Å². The number of rotatable bonds is 11. The highest BCUT2D eigenvalue weighted by molar-refractivity contribution is 7.24. The zero-order valence-electron chi connectivity index (χ0n) is 26.4. The van der Waals surface area contributed by atoms with E-state index < -0.39 is 46.7 Å². The Hall–Kier alpha value is -5.18. The molecule has 254 valence electrons. The van der Waals surface area contributed by atoms with Crippen LogP contribution in [0.4, 0.5) is 10.5 Å². The van der Waals surface area contributed by atoms with E-state index in [1.807, 2.05) is 42.5 Å². The predicted molar refractivity (Wildman–Crippen MR) is 182 cm³/mol. The summed E-state index contributed by atoms with van der Waals surface area (Å²) in [5.41, 5.74) is 0.303. The summed E-state index contributed by atoms with van der Waals surface area (Å²) >= 11 is 1.56. The highest BCUT2D eigenvalue weighted by atomic mass is 32.1. The Kier molecular flexibility index (Phi) is 9.99. The van der Waals surface area contributed by atoms with Gasteiger partial charge in [0.2, 0.25) is 0 Å².